The van der Waals surface area contributed by atoms with Crippen LogP contribution in [0.15, 0.2) is 24.3 Å². The van der Waals surface area contributed by atoms with Gasteiger partial charge in [-0.05, 0) is 49.7 Å². The maximum atomic E-state index is 10.8. The second-order valence-electron chi connectivity index (χ2n) is 7.22. The van der Waals surface area contributed by atoms with Crippen LogP contribution in [0.3, 0.4) is 0 Å². The molecule has 1 fully saturated rings. The summed E-state index contributed by atoms with van der Waals surface area (Å²) < 4.78 is 27.6. The number of nitrogens with zero attached hydrogens (tertiary/aromatic N) is 1. The van der Waals surface area contributed by atoms with Crippen molar-refractivity contribution < 1.29 is 28.8 Å². The summed E-state index contributed by atoms with van der Waals surface area (Å²) in [6.07, 6.45) is 3.45. The minimum Gasteiger partial charge on any atom is -0.507 e. The molecule has 1 unspecified atom stereocenters. The molecule has 29 heavy (non-hydrogen) atoms. The standard InChI is InChI=1S/C22H27NO6/c1-25-19-9-14(10-20(26-2)22(19)27-3)21(23-7-5-4-6-8-23)15-11-17-18(12-16(15)24)29-13-28-17/h9-12,21,24H,4-8,13H2,1-3H3. The molecular formula is C22H27NO6. The van der Waals surface area contributed by atoms with Crippen LogP contribution in [-0.4, -0.2) is 51.2 Å². The Morgan fingerprint density at radius 2 is 1.48 bits per heavy atom. The summed E-state index contributed by atoms with van der Waals surface area (Å²) in [5.74, 6) is 3.11. The molecule has 0 saturated carbocycles. The second kappa shape index (κ2) is 8.29. The number of aromatic hydroxyl groups is 1. The van der Waals surface area contributed by atoms with Gasteiger partial charge in [0.25, 0.3) is 0 Å². The van der Waals surface area contributed by atoms with Crippen molar-refractivity contribution in [3.63, 3.8) is 0 Å². The lowest BCUT2D eigenvalue weighted by Crippen LogP contribution is -2.34. The SMILES string of the molecule is COc1cc(C(c2cc3c(cc2O)OCO3)N2CCCCC2)cc(OC)c1OC. The number of benzene rings is 2. The maximum absolute atomic E-state index is 10.8. The molecule has 2 aliphatic rings. The summed E-state index contributed by atoms with van der Waals surface area (Å²) in [6.45, 7) is 2.04. The highest BCUT2D eigenvalue weighted by Gasteiger charge is 2.30. The molecule has 1 saturated heterocycles. The van der Waals surface area contributed by atoms with Crippen molar-refractivity contribution in [2.45, 2.75) is 25.3 Å². The molecule has 7 nitrogen and oxygen atoms in total. The van der Waals surface area contributed by atoms with E-state index in [9.17, 15) is 5.11 Å². The second-order valence-corrected chi connectivity index (χ2v) is 7.22. The third kappa shape index (κ3) is 3.62. The van der Waals surface area contributed by atoms with Gasteiger partial charge in [0.2, 0.25) is 12.5 Å². The molecule has 2 aromatic carbocycles. The number of phenolic OH excluding ortho intramolecular Hbond substituents is 1. The highest BCUT2D eigenvalue weighted by atomic mass is 16.7. The fraction of sp³-hybridized carbons (Fsp3) is 0.455. The molecule has 2 aromatic rings. The van der Waals surface area contributed by atoms with E-state index in [4.69, 9.17) is 23.7 Å². The Morgan fingerprint density at radius 1 is 0.862 bits per heavy atom. The summed E-state index contributed by atoms with van der Waals surface area (Å²) in [6, 6.07) is 7.22. The number of rotatable bonds is 6. The molecule has 0 aromatic heterocycles. The Balaban J connectivity index is 1.86. The van der Waals surface area contributed by atoms with E-state index in [0.29, 0.717) is 28.7 Å². The van der Waals surface area contributed by atoms with E-state index in [1.165, 1.54) is 6.42 Å². The number of hydrogen-bond acceptors (Lipinski definition) is 7. The summed E-state index contributed by atoms with van der Waals surface area (Å²) in [4.78, 5) is 2.38. The minimum atomic E-state index is -0.182. The first-order chi connectivity index (χ1) is 14.2. The quantitative estimate of drug-likeness (QED) is 0.791. The van der Waals surface area contributed by atoms with Crippen molar-refractivity contribution in [2.24, 2.45) is 0 Å². The van der Waals surface area contributed by atoms with Gasteiger partial charge in [-0.2, -0.15) is 0 Å². The van der Waals surface area contributed by atoms with Crippen molar-refractivity contribution in [3.8, 4) is 34.5 Å². The van der Waals surface area contributed by atoms with Gasteiger partial charge in [-0.1, -0.05) is 6.42 Å². The van der Waals surface area contributed by atoms with Crippen molar-refractivity contribution in [3.05, 3.63) is 35.4 Å². The van der Waals surface area contributed by atoms with Gasteiger partial charge >= 0.3 is 0 Å². The van der Waals surface area contributed by atoms with Gasteiger partial charge in [0.15, 0.2) is 23.0 Å². The number of likely N-dealkylation sites (tertiary alicyclic amines) is 1. The van der Waals surface area contributed by atoms with Gasteiger partial charge < -0.3 is 28.8 Å². The number of ether oxygens (including phenoxy) is 5. The monoisotopic (exact) mass is 401 g/mol. The molecule has 156 valence electrons. The van der Waals surface area contributed by atoms with Crippen molar-refractivity contribution in [2.75, 3.05) is 41.2 Å². The smallest absolute Gasteiger partial charge is 0.231 e. The van der Waals surface area contributed by atoms with Crippen LogP contribution in [0.5, 0.6) is 34.5 Å². The first-order valence-electron chi connectivity index (χ1n) is 9.82. The Bertz CT molecular complexity index is 853. The zero-order valence-corrected chi connectivity index (χ0v) is 17.1. The summed E-state index contributed by atoms with van der Waals surface area (Å²) in [5, 5.41) is 10.8. The lowest BCUT2D eigenvalue weighted by Gasteiger charge is -2.36. The van der Waals surface area contributed by atoms with Gasteiger partial charge in [0, 0.05) is 11.6 Å². The molecule has 2 aliphatic heterocycles. The molecule has 0 bridgehead atoms. The van der Waals surface area contributed by atoms with E-state index in [-0.39, 0.29) is 18.6 Å². The number of piperidine rings is 1. The van der Waals surface area contributed by atoms with Crippen molar-refractivity contribution in [1.82, 2.24) is 4.90 Å². The number of phenols is 1. The molecule has 0 aliphatic carbocycles. The van der Waals surface area contributed by atoms with Crippen molar-refractivity contribution in [1.29, 1.82) is 0 Å². The number of methoxy groups -OCH3 is 3. The van der Waals surface area contributed by atoms with Crippen LogP contribution >= 0.6 is 0 Å². The third-order valence-electron chi connectivity index (χ3n) is 5.58. The Hall–Kier alpha value is -2.80. The van der Waals surface area contributed by atoms with Crippen LogP contribution in [0.1, 0.15) is 36.4 Å². The predicted octanol–water partition coefficient (Wildman–Crippen LogP) is 3.72. The van der Waals surface area contributed by atoms with Gasteiger partial charge in [-0.15, -0.1) is 0 Å². The highest BCUT2D eigenvalue weighted by molar-refractivity contribution is 5.58. The maximum Gasteiger partial charge on any atom is 0.231 e. The minimum absolute atomic E-state index is 0.163. The van der Waals surface area contributed by atoms with Crippen LogP contribution in [0.4, 0.5) is 0 Å². The van der Waals surface area contributed by atoms with Crippen LogP contribution in [0.25, 0.3) is 0 Å². The van der Waals surface area contributed by atoms with Crippen molar-refractivity contribution >= 4 is 0 Å². The van der Waals surface area contributed by atoms with E-state index in [1.54, 1.807) is 27.4 Å². The molecular weight excluding hydrogens is 374 g/mol. The zero-order valence-electron chi connectivity index (χ0n) is 17.1. The highest BCUT2D eigenvalue weighted by Crippen LogP contribution is 2.47. The molecule has 0 radical (unpaired) electrons. The fourth-order valence-corrected chi connectivity index (χ4v) is 4.19. The molecule has 4 rings (SSSR count). The molecule has 1 atom stereocenters. The largest absolute Gasteiger partial charge is 0.507 e. The average Bonchev–Trinajstić information content (AvgIpc) is 3.21. The lowest BCUT2D eigenvalue weighted by atomic mass is 9.93. The third-order valence-corrected chi connectivity index (χ3v) is 5.58. The van der Waals surface area contributed by atoms with E-state index in [0.717, 1.165) is 37.1 Å². The van der Waals surface area contributed by atoms with Gasteiger partial charge in [0.05, 0.1) is 27.4 Å². The molecule has 1 N–H and O–H groups in total. The van der Waals surface area contributed by atoms with Gasteiger partial charge in [0.1, 0.15) is 5.75 Å². The van der Waals surface area contributed by atoms with Crippen LogP contribution < -0.4 is 23.7 Å². The Labute approximate surface area is 170 Å². The van der Waals surface area contributed by atoms with Crippen LogP contribution in [0.2, 0.25) is 0 Å². The number of hydrogen-bond donors (Lipinski definition) is 1. The van der Waals surface area contributed by atoms with Crippen LogP contribution in [-0.2, 0) is 0 Å². The van der Waals surface area contributed by atoms with Crippen LogP contribution in [0, 0.1) is 0 Å². The molecule has 0 spiro atoms. The zero-order chi connectivity index (χ0) is 20.4. The number of fused-ring (bicyclic) bond motifs is 1. The van der Waals surface area contributed by atoms with E-state index >= 15 is 0 Å². The summed E-state index contributed by atoms with van der Waals surface area (Å²) in [5.41, 5.74) is 1.72. The Kier molecular flexibility index (Phi) is 5.58. The van der Waals surface area contributed by atoms with Gasteiger partial charge in [-0.3, -0.25) is 4.90 Å². The fourth-order valence-electron chi connectivity index (χ4n) is 4.19. The Morgan fingerprint density at radius 3 is 2.07 bits per heavy atom. The predicted molar refractivity (Wildman–Crippen MR) is 108 cm³/mol. The normalized spacial score (nSPS) is 17.1. The van der Waals surface area contributed by atoms with E-state index in [2.05, 4.69) is 4.90 Å². The first kappa shape index (κ1) is 19.5. The van der Waals surface area contributed by atoms with E-state index in [1.807, 2.05) is 18.2 Å². The lowest BCUT2D eigenvalue weighted by molar-refractivity contribution is 0.173. The van der Waals surface area contributed by atoms with Gasteiger partial charge in [-0.25, -0.2) is 0 Å². The molecule has 7 heteroatoms. The molecule has 2 heterocycles. The molecule has 0 amide bonds. The van der Waals surface area contributed by atoms with E-state index < -0.39 is 0 Å². The average molecular weight is 401 g/mol. The first-order valence-corrected chi connectivity index (χ1v) is 9.82. The topological polar surface area (TPSA) is 69.6 Å². The summed E-state index contributed by atoms with van der Waals surface area (Å²) >= 11 is 0. The summed E-state index contributed by atoms with van der Waals surface area (Å²) in [7, 11) is 4.80.